The Morgan fingerprint density at radius 1 is 1.40 bits per heavy atom. The van der Waals surface area contributed by atoms with Gasteiger partial charge in [0.2, 0.25) is 0 Å². The lowest BCUT2D eigenvalue weighted by Gasteiger charge is -2.00. The Balaban J connectivity index is 2.23. The molecular weight excluding hydrogens is 260 g/mol. The predicted molar refractivity (Wildman–Crippen MR) is 69.3 cm³/mol. The molecule has 0 fully saturated rings. The second-order valence-corrected chi connectivity index (χ2v) is 4.30. The fourth-order valence-electron chi connectivity index (χ4n) is 2.06. The molecular formula is C13H12N4O3. The fraction of sp³-hybridized carbons (Fsp3) is 0.231. The molecule has 0 N–H and O–H groups in total. The van der Waals surface area contributed by atoms with Crippen molar-refractivity contribution in [3.8, 4) is 11.3 Å². The third-order valence-corrected chi connectivity index (χ3v) is 2.93. The van der Waals surface area contributed by atoms with Gasteiger partial charge in [-0.15, -0.1) is 5.10 Å². The van der Waals surface area contributed by atoms with Crippen molar-refractivity contribution in [3.63, 3.8) is 0 Å². The Morgan fingerprint density at radius 3 is 2.85 bits per heavy atom. The Kier molecular flexibility index (Phi) is 2.74. The largest absolute Gasteiger partial charge is 0.466 e. The molecule has 0 aliphatic carbocycles. The third kappa shape index (κ3) is 1.83. The summed E-state index contributed by atoms with van der Waals surface area (Å²) < 4.78 is 11.6. The van der Waals surface area contributed by atoms with E-state index in [4.69, 9.17) is 4.42 Å². The van der Waals surface area contributed by atoms with E-state index in [1.165, 1.54) is 11.6 Å². The topological polar surface area (TPSA) is 82.5 Å². The number of ether oxygens (including phenoxy) is 1. The van der Waals surface area contributed by atoms with Crippen molar-refractivity contribution < 1.29 is 13.9 Å². The SMILES string of the molecule is COC(=O)c1nc2nccc(-c3cc(C)oc3C)n2n1. The van der Waals surface area contributed by atoms with E-state index in [1.54, 1.807) is 12.3 Å². The summed E-state index contributed by atoms with van der Waals surface area (Å²) in [6.45, 7) is 3.74. The molecule has 3 aromatic heterocycles. The summed E-state index contributed by atoms with van der Waals surface area (Å²) >= 11 is 0. The van der Waals surface area contributed by atoms with Gasteiger partial charge in [-0.1, -0.05) is 0 Å². The van der Waals surface area contributed by atoms with Crippen molar-refractivity contribution in [2.75, 3.05) is 7.11 Å². The summed E-state index contributed by atoms with van der Waals surface area (Å²) in [5, 5.41) is 4.14. The van der Waals surface area contributed by atoms with Crippen molar-refractivity contribution in [1.82, 2.24) is 19.6 Å². The fourth-order valence-corrected chi connectivity index (χ4v) is 2.06. The molecule has 20 heavy (non-hydrogen) atoms. The van der Waals surface area contributed by atoms with Crippen LogP contribution >= 0.6 is 0 Å². The van der Waals surface area contributed by atoms with Gasteiger partial charge in [0.1, 0.15) is 11.5 Å². The van der Waals surface area contributed by atoms with Gasteiger partial charge < -0.3 is 9.15 Å². The Bertz CT molecular complexity index is 803. The molecule has 0 aromatic carbocycles. The second kappa shape index (κ2) is 4.44. The second-order valence-electron chi connectivity index (χ2n) is 4.30. The number of carbonyl (C=O) groups is 1. The van der Waals surface area contributed by atoms with Gasteiger partial charge in [0.15, 0.2) is 0 Å². The lowest BCUT2D eigenvalue weighted by molar-refractivity contribution is 0.0587. The maximum absolute atomic E-state index is 11.5. The average molecular weight is 272 g/mol. The van der Waals surface area contributed by atoms with Crippen LogP contribution in [0.5, 0.6) is 0 Å². The van der Waals surface area contributed by atoms with Crippen LogP contribution in [-0.4, -0.2) is 32.7 Å². The smallest absolute Gasteiger partial charge is 0.378 e. The van der Waals surface area contributed by atoms with Gasteiger partial charge in [-0.2, -0.15) is 9.50 Å². The average Bonchev–Trinajstić information content (AvgIpc) is 3.00. The number of aromatic nitrogens is 4. The van der Waals surface area contributed by atoms with Crippen molar-refractivity contribution in [1.29, 1.82) is 0 Å². The van der Waals surface area contributed by atoms with E-state index < -0.39 is 5.97 Å². The molecule has 3 aromatic rings. The van der Waals surface area contributed by atoms with E-state index >= 15 is 0 Å². The van der Waals surface area contributed by atoms with Crippen molar-refractivity contribution in [2.45, 2.75) is 13.8 Å². The van der Waals surface area contributed by atoms with Gasteiger partial charge in [0.05, 0.1) is 12.8 Å². The van der Waals surface area contributed by atoms with Crippen LogP contribution in [0.3, 0.4) is 0 Å². The highest BCUT2D eigenvalue weighted by molar-refractivity contribution is 5.85. The number of esters is 1. The number of nitrogens with zero attached hydrogens (tertiary/aromatic N) is 4. The molecule has 7 heteroatoms. The summed E-state index contributed by atoms with van der Waals surface area (Å²) in [4.78, 5) is 19.6. The minimum absolute atomic E-state index is 0.0229. The predicted octanol–water partition coefficient (Wildman–Crippen LogP) is 1.79. The van der Waals surface area contributed by atoms with Crippen LogP contribution in [0.15, 0.2) is 22.7 Å². The Hall–Kier alpha value is -2.70. The van der Waals surface area contributed by atoms with E-state index in [-0.39, 0.29) is 5.82 Å². The molecule has 0 radical (unpaired) electrons. The zero-order valence-electron chi connectivity index (χ0n) is 11.2. The number of fused-ring (bicyclic) bond motifs is 1. The maximum Gasteiger partial charge on any atom is 0.378 e. The Labute approximate surface area is 114 Å². The summed E-state index contributed by atoms with van der Waals surface area (Å²) in [5.74, 6) is 1.29. The first-order chi connectivity index (χ1) is 9.60. The minimum atomic E-state index is -0.596. The quantitative estimate of drug-likeness (QED) is 0.661. The maximum atomic E-state index is 11.5. The molecule has 0 bridgehead atoms. The van der Waals surface area contributed by atoms with Crippen LogP contribution in [0.25, 0.3) is 17.0 Å². The Morgan fingerprint density at radius 2 is 2.20 bits per heavy atom. The van der Waals surface area contributed by atoms with E-state index in [1.807, 2.05) is 19.9 Å². The van der Waals surface area contributed by atoms with Crippen LogP contribution < -0.4 is 0 Å². The standard InChI is InChI=1S/C13H12N4O3/c1-7-6-9(8(2)20-7)10-4-5-14-13-15-11(12(18)19-3)16-17(10)13/h4-6H,1-3H3. The lowest BCUT2D eigenvalue weighted by atomic mass is 10.2. The van der Waals surface area contributed by atoms with Gasteiger partial charge in [-0.3, -0.25) is 0 Å². The number of hydrogen-bond donors (Lipinski definition) is 0. The third-order valence-electron chi connectivity index (χ3n) is 2.93. The molecule has 7 nitrogen and oxygen atoms in total. The molecule has 0 aliphatic rings. The molecule has 0 saturated carbocycles. The first-order valence-corrected chi connectivity index (χ1v) is 5.97. The number of rotatable bonds is 2. The molecule has 102 valence electrons. The first-order valence-electron chi connectivity index (χ1n) is 5.97. The van der Waals surface area contributed by atoms with Gasteiger partial charge in [0, 0.05) is 11.8 Å². The number of methoxy groups -OCH3 is 1. The van der Waals surface area contributed by atoms with Crippen molar-refractivity contribution in [3.05, 3.63) is 35.7 Å². The normalized spacial score (nSPS) is 10.9. The van der Waals surface area contributed by atoms with E-state index in [0.717, 1.165) is 22.8 Å². The zero-order chi connectivity index (χ0) is 14.3. The van der Waals surface area contributed by atoms with E-state index in [2.05, 4.69) is 19.8 Å². The van der Waals surface area contributed by atoms with Gasteiger partial charge >= 0.3 is 5.97 Å². The molecule has 0 spiro atoms. The van der Waals surface area contributed by atoms with Gasteiger partial charge in [0.25, 0.3) is 11.6 Å². The number of furan rings is 1. The molecule has 0 unspecified atom stereocenters. The van der Waals surface area contributed by atoms with Crippen molar-refractivity contribution >= 4 is 11.7 Å². The van der Waals surface area contributed by atoms with Crippen LogP contribution in [0.1, 0.15) is 22.1 Å². The van der Waals surface area contributed by atoms with Crippen LogP contribution in [0.4, 0.5) is 0 Å². The van der Waals surface area contributed by atoms with E-state index in [9.17, 15) is 4.79 Å². The summed E-state index contributed by atoms with van der Waals surface area (Å²) in [5.41, 5.74) is 1.64. The van der Waals surface area contributed by atoms with Gasteiger partial charge in [-0.25, -0.2) is 9.78 Å². The molecule has 3 heterocycles. The summed E-state index contributed by atoms with van der Waals surface area (Å²) in [6, 6.07) is 3.70. The highest BCUT2D eigenvalue weighted by Gasteiger charge is 2.17. The highest BCUT2D eigenvalue weighted by atomic mass is 16.5. The van der Waals surface area contributed by atoms with Crippen molar-refractivity contribution in [2.24, 2.45) is 0 Å². The lowest BCUT2D eigenvalue weighted by Crippen LogP contribution is -2.04. The zero-order valence-corrected chi connectivity index (χ0v) is 11.2. The van der Waals surface area contributed by atoms with Crippen LogP contribution in [0.2, 0.25) is 0 Å². The highest BCUT2D eigenvalue weighted by Crippen LogP contribution is 2.26. The molecule has 3 rings (SSSR count). The van der Waals surface area contributed by atoms with Crippen LogP contribution in [-0.2, 0) is 4.74 Å². The minimum Gasteiger partial charge on any atom is -0.466 e. The molecule has 0 amide bonds. The molecule has 0 aliphatic heterocycles. The molecule has 0 atom stereocenters. The van der Waals surface area contributed by atoms with Gasteiger partial charge in [-0.05, 0) is 26.0 Å². The molecule has 0 saturated heterocycles. The first kappa shape index (κ1) is 12.3. The number of hydrogen-bond acceptors (Lipinski definition) is 6. The summed E-state index contributed by atoms with van der Waals surface area (Å²) in [6.07, 6.45) is 1.61. The monoisotopic (exact) mass is 272 g/mol. The van der Waals surface area contributed by atoms with Crippen LogP contribution in [0, 0.1) is 13.8 Å². The van der Waals surface area contributed by atoms with E-state index in [0.29, 0.717) is 5.78 Å². The number of aryl methyl sites for hydroxylation is 2. The number of carbonyl (C=O) groups excluding carboxylic acids is 1. The summed E-state index contributed by atoms with van der Waals surface area (Å²) in [7, 11) is 1.28.